The lowest BCUT2D eigenvalue weighted by molar-refractivity contribution is 0.188. The molecule has 0 radical (unpaired) electrons. The number of aromatic nitrogens is 1. The zero-order valence-electron chi connectivity index (χ0n) is 13.7. The van der Waals surface area contributed by atoms with E-state index in [0.29, 0.717) is 19.0 Å². The molecule has 126 valence electrons. The molecule has 2 heterocycles. The third-order valence-electron chi connectivity index (χ3n) is 4.17. The second-order valence-electron chi connectivity index (χ2n) is 6.32. The van der Waals surface area contributed by atoms with E-state index in [1.165, 1.54) is 12.8 Å². The molecule has 0 bridgehead atoms. The number of aliphatic hydroxyl groups excluding tert-OH is 1. The van der Waals surface area contributed by atoms with Crippen LogP contribution in [0.15, 0.2) is 23.3 Å². The molecule has 0 amide bonds. The molecule has 6 heteroatoms. The summed E-state index contributed by atoms with van der Waals surface area (Å²) >= 11 is 0. The van der Waals surface area contributed by atoms with Crippen molar-refractivity contribution in [1.29, 1.82) is 0 Å². The molecule has 1 aromatic heterocycles. The summed E-state index contributed by atoms with van der Waals surface area (Å²) in [5.41, 5.74) is 1.05. The van der Waals surface area contributed by atoms with Gasteiger partial charge in [-0.25, -0.2) is 9.98 Å². The van der Waals surface area contributed by atoms with Gasteiger partial charge in [0.15, 0.2) is 5.96 Å². The monoisotopic (exact) mass is 318 g/mol. The minimum Gasteiger partial charge on any atom is -0.477 e. The Balaban J connectivity index is 1.55. The third kappa shape index (κ3) is 4.82. The van der Waals surface area contributed by atoms with Gasteiger partial charge in [0.2, 0.25) is 5.88 Å². The van der Waals surface area contributed by atoms with Crippen LogP contribution in [-0.2, 0) is 6.54 Å². The number of likely N-dealkylation sites (tertiary alicyclic amines) is 1. The van der Waals surface area contributed by atoms with Crippen LogP contribution in [-0.4, -0.2) is 53.3 Å². The van der Waals surface area contributed by atoms with Crippen LogP contribution in [0.5, 0.6) is 5.88 Å². The predicted octanol–water partition coefficient (Wildman–Crippen LogP) is 1.40. The lowest BCUT2D eigenvalue weighted by Crippen LogP contribution is -2.40. The number of β-amino-alcohol motifs (C(OH)–C–C–N with tert-alkyl or cyclic N) is 1. The highest BCUT2D eigenvalue weighted by Crippen LogP contribution is 2.29. The lowest BCUT2D eigenvalue weighted by atomic mass is 10.3. The standard InChI is InChI=1S/C17H26N4O2/c1-2-18-17(21-8-7-15(22)11-21)20-10-14-5-6-16(19-9-14)23-12-13-3-4-13/h5-6,9,13,15,22H,2-4,7-8,10-12H2,1H3,(H,18,20)/t15-/m1/s1. The van der Waals surface area contributed by atoms with Crippen molar-refractivity contribution in [3.8, 4) is 5.88 Å². The van der Waals surface area contributed by atoms with E-state index < -0.39 is 0 Å². The summed E-state index contributed by atoms with van der Waals surface area (Å²) in [6.07, 6.45) is 4.95. The molecule has 2 fully saturated rings. The van der Waals surface area contributed by atoms with Crippen molar-refractivity contribution in [3.63, 3.8) is 0 Å². The minimum atomic E-state index is -0.247. The van der Waals surface area contributed by atoms with Crippen molar-refractivity contribution in [3.05, 3.63) is 23.9 Å². The van der Waals surface area contributed by atoms with E-state index in [2.05, 4.69) is 27.1 Å². The number of aliphatic imine (C=N–C) groups is 1. The normalized spacial score (nSPS) is 21.6. The van der Waals surface area contributed by atoms with Crippen molar-refractivity contribution < 1.29 is 9.84 Å². The molecule has 1 saturated heterocycles. The van der Waals surface area contributed by atoms with E-state index in [-0.39, 0.29) is 6.10 Å². The van der Waals surface area contributed by atoms with Gasteiger partial charge in [-0.3, -0.25) is 0 Å². The van der Waals surface area contributed by atoms with E-state index in [1.54, 1.807) is 0 Å². The molecule has 1 saturated carbocycles. The number of rotatable bonds is 6. The van der Waals surface area contributed by atoms with Gasteiger partial charge in [0.05, 0.1) is 19.3 Å². The first kappa shape index (κ1) is 16.1. The number of aliphatic hydroxyl groups is 1. The third-order valence-corrected chi connectivity index (χ3v) is 4.17. The number of hydrogen-bond donors (Lipinski definition) is 2. The van der Waals surface area contributed by atoms with Crippen LogP contribution in [0.4, 0.5) is 0 Å². The number of nitrogens with one attached hydrogen (secondary N) is 1. The second kappa shape index (κ2) is 7.64. The van der Waals surface area contributed by atoms with Crippen molar-refractivity contribution in [2.45, 2.75) is 38.8 Å². The van der Waals surface area contributed by atoms with Crippen LogP contribution in [0.2, 0.25) is 0 Å². The quantitative estimate of drug-likeness (QED) is 0.613. The molecule has 2 N–H and O–H groups in total. The Labute approximate surface area is 137 Å². The van der Waals surface area contributed by atoms with Crippen LogP contribution in [0.3, 0.4) is 0 Å². The maximum atomic E-state index is 9.68. The lowest BCUT2D eigenvalue weighted by Gasteiger charge is -2.20. The van der Waals surface area contributed by atoms with E-state index in [9.17, 15) is 5.11 Å². The molecule has 0 aromatic carbocycles. The topological polar surface area (TPSA) is 70.0 Å². The van der Waals surface area contributed by atoms with E-state index in [0.717, 1.165) is 43.6 Å². The molecule has 2 aliphatic rings. The SMILES string of the molecule is CCNC(=NCc1ccc(OCC2CC2)nc1)N1CC[C@@H](O)C1. The van der Waals surface area contributed by atoms with Gasteiger partial charge in [-0.1, -0.05) is 6.07 Å². The van der Waals surface area contributed by atoms with Crippen molar-refractivity contribution in [2.24, 2.45) is 10.9 Å². The van der Waals surface area contributed by atoms with Crippen molar-refractivity contribution in [2.75, 3.05) is 26.2 Å². The van der Waals surface area contributed by atoms with Gasteiger partial charge in [0, 0.05) is 31.9 Å². The summed E-state index contributed by atoms with van der Waals surface area (Å²) in [6, 6.07) is 3.93. The van der Waals surface area contributed by atoms with E-state index >= 15 is 0 Å². The minimum absolute atomic E-state index is 0.247. The maximum absolute atomic E-state index is 9.68. The summed E-state index contributed by atoms with van der Waals surface area (Å²) in [4.78, 5) is 11.1. The molecule has 6 nitrogen and oxygen atoms in total. The number of pyridine rings is 1. The molecule has 1 aliphatic carbocycles. The van der Waals surface area contributed by atoms with Crippen LogP contribution in [0, 0.1) is 5.92 Å². The number of guanidine groups is 1. The highest BCUT2D eigenvalue weighted by Gasteiger charge is 2.23. The second-order valence-corrected chi connectivity index (χ2v) is 6.32. The van der Waals surface area contributed by atoms with E-state index in [4.69, 9.17) is 4.74 Å². The van der Waals surface area contributed by atoms with Crippen molar-refractivity contribution >= 4 is 5.96 Å². The molecule has 0 unspecified atom stereocenters. The van der Waals surface area contributed by atoms with Gasteiger partial charge in [0.25, 0.3) is 0 Å². The molecule has 1 atom stereocenters. The van der Waals surface area contributed by atoms with E-state index in [1.807, 2.05) is 18.3 Å². The van der Waals surface area contributed by atoms with Crippen LogP contribution >= 0.6 is 0 Å². The van der Waals surface area contributed by atoms with Gasteiger partial charge in [-0.05, 0) is 37.7 Å². The first-order valence-electron chi connectivity index (χ1n) is 8.53. The molecule has 1 aromatic rings. The van der Waals surface area contributed by atoms with Gasteiger partial charge in [-0.15, -0.1) is 0 Å². The molecular weight excluding hydrogens is 292 g/mol. The molecule has 0 spiro atoms. The first-order chi connectivity index (χ1) is 11.2. The Morgan fingerprint density at radius 1 is 1.43 bits per heavy atom. The number of nitrogens with zero attached hydrogens (tertiary/aromatic N) is 3. The number of ether oxygens (including phenoxy) is 1. The first-order valence-corrected chi connectivity index (χ1v) is 8.53. The molecular formula is C17H26N4O2. The van der Waals surface area contributed by atoms with Gasteiger partial charge in [-0.2, -0.15) is 0 Å². The zero-order valence-corrected chi connectivity index (χ0v) is 13.7. The van der Waals surface area contributed by atoms with Crippen LogP contribution in [0.1, 0.15) is 31.7 Å². The summed E-state index contributed by atoms with van der Waals surface area (Å²) in [7, 11) is 0. The average molecular weight is 318 g/mol. The Kier molecular flexibility index (Phi) is 5.33. The van der Waals surface area contributed by atoms with Crippen molar-refractivity contribution in [1.82, 2.24) is 15.2 Å². The largest absolute Gasteiger partial charge is 0.477 e. The smallest absolute Gasteiger partial charge is 0.213 e. The summed E-state index contributed by atoms with van der Waals surface area (Å²) < 4.78 is 5.65. The predicted molar refractivity (Wildman–Crippen MR) is 89.5 cm³/mol. The Morgan fingerprint density at radius 2 is 2.30 bits per heavy atom. The molecule has 3 rings (SSSR count). The highest BCUT2D eigenvalue weighted by molar-refractivity contribution is 5.80. The van der Waals surface area contributed by atoms with Crippen LogP contribution in [0.25, 0.3) is 0 Å². The fourth-order valence-electron chi connectivity index (χ4n) is 2.60. The zero-order chi connectivity index (χ0) is 16.1. The van der Waals surface area contributed by atoms with Gasteiger partial charge in [0.1, 0.15) is 0 Å². The Bertz CT molecular complexity index is 528. The fraction of sp³-hybridized carbons (Fsp3) is 0.647. The average Bonchev–Trinajstić information content (AvgIpc) is 3.30. The Hall–Kier alpha value is -1.82. The van der Waals surface area contributed by atoms with Gasteiger partial charge < -0.3 is 20.1 Å². The summed E-state index contributed by atoms with van der Waals surface area (Å²) in [5, 5.41) is 13.0. The maximum Gasteiger partial charge on any atom is 0.213 e. The molecule has 23 heavy (non-hydrogen) atoms. The Morgan fingerprint density at radius 3 is 2.91 bits per heavy atom. The summed E-state index contributed by atoms with van der Waals surface area (Å²) in [6.45, 7) is 5.72. The number of hydrogen-bond acceptors (Lipinski definition) is 4. The van der Waals surface area contributed by atoms with Crippen LogP contribution < -0.4 is 10.1 Å². The fourth-order valence-corrected chi connectivity index (χ4v) is 2.60. The highest BCUT2D eigenvalue weighted by atomic mass is 16.5. The molecule has 1 aliphatic heterocycles. The van der Waals surface area contributed by atoms with Gasteiger partial charge >= 0.3 is 0 Å². The summed E-state index contributed by atoms with van der Waals surface area (Å²) in [5.74, 6) is 2.29.